The number of aromatic nitrogens is 2. The number of hydrogen-bond acceptors (Lipinski definition) is 7. The number of anilines is 1. The molecule has 0 spiro atoms. The molecule has 5 heterocycles. The van der Waals surface area contributed by atoms with Crippen LogP contribution in [0.15, 0.2) is 29.1 Å². The van der Waals surface area contributed by atoms with E-state index in [1.54, 1.807) is 28.3 Å². The van der Waals surface area contributed by atoms with E-state index in [1.165, 1.54) is 6.26 Å². The van der Waals surface area contributed by atoms with Crippen LogP contribution in [-0.4, -0.2) is 76.1 Å². The average Bonchev–Trinajstić information content (AvgIpc) is 3.46. The molecular weight excluding hydrogens is 421 g/mol. The zero-order chi connectivity index (χ0) is 20.1. The molecule has 0 bridgehead atoms. The van der Waals surface area contributed by atoms with E-state index in [0.29, 0.717) is 49.1 Å². The number of rotatable bonds is 3. The third-order valence-corrected chi connectivity index (χ3v) is 6.13. The normalized spacial score (nSPS) is 26.2. The predicted molar refractivity (Wildman–Crippen MR) is 103 cm³/mol. The van der Waals surface area contributed by atoms with E-state index in [4.69, 9.17) is 32.4 Å². The Morgan fingerprint density at radius 3 is 2.69 bits per heavy atom. The fourth-order valence-corrected chi connectivity index (χ4v) is 4.58. The minimum absolute atomic E-state index is 0.0773. The van der Waals surface area contributed by atoms with Gasteiger partial charge in [-0.25, -0.2) is 14.8 Å². The Balaban J connectivity index is 1.29. The molecule has 2 aromatic rings. The largest absolute Gasteiger partial charge is 0.452 e. The number of furan rings is 1. The van der Waals surface area contributed by atoms with Gasteiger partial charge in [-0.05, 0) is 24.1 Å². The van der Waals surface area contributed by atoms with E-state index in [0.717, 1.165) is 0 Å². The van der Waals surface area contributed by atoms with E-state index < -0.39 is 0 Å². The van der Waals surface area contributed by atoms with Crippen molar-refractivity contribution in [2.24, 2.45) is 0 Å². The Hall–Kier alpha value is -2.52. The van der Waals surface area contributed by atoms with Crippen LogP contribution in [-0.2, 0) is 4.74 Å². The molecule has 0 saturated carbocycles. The Morgan fingerprint density at radius 1 is 1.17 bits per heavy atom. The first-order chi connectivity index (χ1) is 14.0. The number of nitrogens with zero attached hydrogens (tertiary/aromatic N) is 5. The minimum atomic E-state index is -0.336. The number of carbonyl (C=O) groups excluding carboxylic acids is 2. The Bertz CT molecular complexity index is 952. The standard InChI is InChI=1S/C18H17Cl2N5O4/c19-10-5-21-17(22-6-10)24-8-13-14(9-24)29-18(27)25(13)11-1-3-23(7-11)16(26)12-2-4-28-15(12)20/h2,4-6,11,13-14H,1,3,7-9H2/t11?,13-,14+/m1/s1. The van der Waals surface area contributed by atoms with Gasteiger partial charge < -0.3 is 19.0 Å². The van der Waals surface area contributed by atoms with E-state index in [9.17, 15) is 9.59 Å². The second-order valence-corrected chi connectivity index (χ2v) is 8.08. The Morgan fingerprint density at radius 2 is 1.97 bits per heavy atom. The van der Waals surface area contributed by atoms with Crippen molar-refractivity contribution in [1.29, 1.82) is 0 Å². The van der Waals surface area contributed by atoms with Crippen LogP contribution in [0.2, 0.25) is 10.2 Å². The first-order valence-electron chi connectivity index (χ1n) is 9.25. The molecule has 3 saturated heterocycles. The molecule has 152 valence electrons. The van der Waals surface area contributed by atoms with Crippen LogP contribution in [0.4, 0.5) is 10.7 Å². The summed E-state index contributed by atoms with van der Waals surface area (Å²) in [6.45, 7) is 2.05. The third-order valence-electron chi connectivity index (χ3n) is 5.64. The number of halogens is 2. The summed E-state index contributed by atoms with van der Waals surface area (Å²) in [5.41, 5.74) is 0.334. The van der Waals surface area contributed by atoms with Gasteiger partial charge in [0, 0.05) is 19.6 Å². The Labute approximate surface area is 176 Å². The SMILES string of the molecule is O=C(c1ccoc1Cl)N1CCC(N2C(=O)O[C@H]3CN(c4ncc(Cl)cn4)C[C@H]32)C1. The van der Waals surface area contributed by atoms with Gasteiger partial charge in [0.05, 0.1) is 47.9 Å². The molecule has 0 aromatic carbocycles. The zero-order valence-corrected chi connectivity index (χ0v) is 16.7. The van der Waals surface area contributed by atoms with E-state index in [-0.39, 0.29) is 35.4 Å². The highest BCUT2D eigenvalue weighted by Crippen LogP contribution is 2.33. The lowest BCUT2D eigenvalue weighted by Gasteiger charge is -2.28. The maximum absolute atomic E-state index is 12.7. The summed E-state index contributed by atoms with van der Waals surface area (Å²) in [6.07, 6.45) is 4.56. The molecular formula is C18H17Cl2N5O4. The fraction of sp³-hybridized carbons (Fsp3) is 0.444. The lowest BCUT2D eigenvalue weighted by atomic mass is 10.1. The van der Waals surface area contributed by atoms with E-state index in [1.807, 2.05) is 4.90 Å². The van der Waals surface area contributed by atoms with Crippen LogP contribution < -0.4 is 4.90 Å². The van der Waals surface area contributed by atoms with Crippen LogP contribution in [0.25, 0.3) is 0 Å². The van der Waals surface area contributed by atoms with E-state index >= 15 is 0 Å². The lowest BCUT2D eigenvalue weighted by molar-refractivity contribution is 0.0776. The van der Waals surface area contributed by atoms with Gasteiger partial charge in [0.25, 0.3) is 5.91 Å². The van der Waals surface area contributed by atoms with Crippen molar-refractivity contribution in [2.75, 3.05) is 31.1 Å². The van der Waals surface area contributed by atoms with Gasteiger partial charge in [0.15, 0.2) is 0 Å². The third kappa shape index (κ3) is 3.18. The number of amides is 2. The van der Waals surface area contributed by atoms with Crippen molar-refractivity contribution >= 4 is 41.2 Å². The number of likely N-dealkylation sites (tertiary alicyclic amines) is 1. The summed E-state index contributed by atoms with van der Waals surface area (Å²) < 4.78 is 10.6. The molecule has 11 heteroatoms. The lowest BCUT2D eigenvalue weighted by Crippen LogP contribution is -2.46. The topological polar surface area (TPSA) is 92.0 Å². The van der Waals surface area contributed by atoms with Crippen LogP contribution in [0.3, 0.4) is 0 Å². The van der Waals surface area contributed by atoms with Gasteiger partial charge >= 0.3 is 6.09 Å². The van der Waals surface area contributed by atoms with Crippen molar-refractivity contribution in [3.63, 3.8) is 0 Å². The van der Waals surface area contributed by atoms with Crippen LogP contribution in [0, 0.1) is 0 Å². The second kappa shape index (κ2) is 7.07. The number of hydrogen-bond donors (Lipinski definition) is 0. The monoisotopic (exact) mass is 437 g/mol. The maximum atomic E-state index is 12.7. The number of fused-ring (bicyclic) bond motifs is 1. The van der Waals surface area contributed by atoms with Crippen molar-refractivity contribution in [2.45, 2.75) is 24.6 Å². The Kier molecular flexibility index (Phi) is 4.51. The molecule has 3 fully saturated rings. The first kappa shape index (κ1) is 18.5. The van der Waals surface area contributed by atoms with Crippen molar-refractivity contribution in [3.05, 3.63) is 40.5 Å². The fourth-order valence-electron chi connectivity index (χ4n) is 4.29. The van der Waals surface area contributed by atoms with Gasteiger partial charge in [-0.15, -0.1) is 0 Å². The summed E-state index contributed by atoms with van der Waals surface area (Å²) in [4.78, 5) is 39.1. The quantitative estimate of drug-likeness (QED) is 0.726. The van der Waals surface area contributed by atoms with Gasteiger partial charge in [-0.1, -0.05) is 11.6 Å². The summed E-state index contributed by atoms with van der Waals surface area (Å²) in [5.74, 6) is 0.357. The predicted octanol–water partition coefficient (Wildman–Crippen LogP) is 2.30. The highest BCUT2D eigenvalue weighted by Gasteiger charge is 2.52. The van der Waals surface area contributed by atoms with Gasteiger partial charge in [0.1, 0.15) is 6.10 Å². The highest BCUT2D eigenvalue weighted by molar-refractivity contribution is 6.32. The number of ether oxygens (including phenoxy) is 1. The minimum Gasteiger partial charge on any atom is -0.452 e. The highest BCUT2D eigenvalue weighted by atomic mass is 35.5. The maximum Gasteiger partial charge on any atom is 0.410 e. The van der Waals surface area contributed by atoms with Crippen molar-refractivity contribution in [1.82, 2.24) is 19.8 Å². The molecule has 2 aromatic heterocycles. The molecule has 3 atom stereocenters. The van der Waals surface area contributed by atoms with Gasteiger partial charge in [0.2, 0.25) is 11.2 Å². The zero-order valence-electron chi connectivity index (χ0n) is 15.2. The second-order valence-electron chi connectivity index (χ2n) is 7.30. The molecule has 5 rings (SSSR count). The summed E-state index contributed by atoms with van der Waals surface area (Å²) in [7, 11) is 0. The average molecular weight is 438 g/mol. The molecule has 2 amide bonds. The van der Waals surface area contributed by atoms with Crippen LogP contribution in [0.5, 0.6) is 0 Å². The summed E-state index contributed by atoms with van der Waals surface area (Å²) >= 11 is 11.8. The molecule has 3 aliphatic rings. The van der Waals surface area contributed by atoms with Gasteiger partial charge in [-0.2, -0.15) is 0 Å². The molecule has 0 aliphatic carbocycles. The molecule has 9 nitrogen and oxygen atoms in total. The number of carbonyl (C=O) groups is 2. The first-order valence-corrected chi connectivity index (χ1v) is 10.0. The van der Waals surface area contributed by atoms with Crippen molar-refractivity contribution < 1.29 is 18.7 Å². The summed E-state index contributed by atoms with van der Waals surface area (Å²) in [5, 5.41) is 0.545. The smallest absolute Gasteiger partial charge is 0.410 e. The van der Waals surface area contributed by atoms with Gasteiger partial charge in [-0.3, -0.25) is 9.69 Å². The molecule has 29 heavy (non-hydrogen) atoms. The van der Waals surface area contributed by atoms with Crippen LogP contribution in [0.1, 0.15) is 16.8 Å². The summed E-state index contributed by atoms with van der Waals surface area (Å²) in [6, 6.07) is 1.33. The van der Waals surface area contributed by atoms with E-state index in [2.05, 4.69) is 9.97 Å². The molecule has 3 aliphatic heterocycles. The van der Waals surface area contributed by atoms with Crippen LogP contribution >= 0.6 is 23.2 Å². The molecule has 0 radical (unpaired) electrons. The van der Waals surface area contributed by atoms with Crippen molar-refractivity contribution in [3.8, 4) is 0 Å². The molecule has 1 unspecified atom stereocenters. The molecule has 0 N–H and O–H groups in total.